The van der Waals surface area contributed by atoms with Crippen LogP contribution in [0.2, 0.25) is 0 Å². The highest BCUT2D eigenvalue weighted by Crippen LogP contribution is 2.20. The molecule has 2 aromatic heterocycles. The van der Waals surface area contributed by atoms with Gasteiger partial charge in [-0.15, -0.1) is 10.2 Å². The lowest BCUT2D eigenvalue weighted by Crippen LogP contribution is -2.38. The number of nitrogens with zero attached hydrogens (tertiary/aromatic N) is 6. The van der Waals surface area contributed by atoms with E-state index in [9.17, 15) is 14.9 Å². The third-order valence-corrected chi connectivity index (χ3v) is 3.27. The van der Waals surface area contributed by atoms with Gasteiger partial charge in [-0.2, -0.15) is 0 Å². The van der Waals surface area contributed by atoms with E-state index in [1.54, 1.807) is 6.33 Å². The van der Waals surface area contributed by atoms with E-state index in [0.29, 0.717) is 18.9 Å². The fraction of sp³-hybridized carbons (Fsp3) is 0.273. The second-order valence-corrected chi connectivity index (χ2v) is 4.55. The molecule has 0 aliphatic carbocycles. The van der Waals surface area contributed by atoms with Crippen molar-refractivity contribution in [1.82, 2.24) is 24.6 Å². The Morgan fingerprint density at radius 1 is 1.43 bits per heavy atom. The summed E-state index contributed by atoms with van der Waals surface area (Å²) in [7, 11) is 0. The highest BCUT2D eigenvalue weighted by Gasteiger charge is 2.26. The molecule has 1 amide bonds. The van der Waals surface area contributed by atoms with Crippen molar-refractivity contribution >= 4 is 17.4 Å². The number of fused-ring (bicyclic) bond motifs is 1. The van der Waals surface area contributed by atoms with Gasteiger partial charge in [0.1, 0.15) is 18.3 Å². The van der Waals surface area contributed by atoms with Gasteiger partial charge >= 0.3 is 0 Å². The summed E-state index contributed by atoms with van der Waals surface area (Å²) in [5.41, 5.74) is 5.41. The largest absolute Gasteiger partial charge is 0.383 e. The number of nitrogen functional groups attached to an aromatic ring is 1. The van der Waals surface area contributed by atoms with Crippen LogP contribution in [0, 0.1) is 10.1 Å². The van der Waals surface area contributed by atoms with E-state index in [1.165, 1.54) is 4.90 Å². The minimum Gasteiger partial charge on any atom is -0.383 e. The molecule has 0 aromatic carbocycles. The monoisotopic (exact) mass is 289 g/mol. The van der Waals surface area contributed by atoms with Crippen LogP contribution < -0.4 is 5.73 Å². The zero-order valence-corrected chi connectivity index (χ0v) is 10.8. The van der Waals surface area contributed by atoms with Crippen LogP contribution in [0.4, 0.5) is 11.5 Å². The molecular weight excluding hydrogens is 278 g/mol. The van der Waals surface area contributed by atoms with E-state index < -0.39 is 10.8 Å². The Balaban J connectivity index is 1.89. The Labute approximate surface area is 118 Å². The lowest BCUT2D eigenvalue weighted by molar-refractivity contribution is -0.385. The van der Waals surface area contributed by atoms with Crippen molar-refractivity contribution in [2.45, 2.75) is 13.1 Å². The molecule has 3 rings (SSSR count). The second-order valence-electron chi connectivity index (χ2n) is 4.55. The van der Waals surface area contributed by atoms with Crippen molar-refractivity contribution in [2.75, 3.05) is 12.3 Å². The highest BCUT2D eigenvalue weighted by molar-refractivity contribution is 5.98. The van der Waals surface area contributed by atoms with Crippen LogP contribution >= 0.6 is 0 Å². The number of carbonyl (C=O) groups is 1. The van der Waals surface area contributed by atoms with E-state index in [1.807, 2.05) is 4.57 Å². The van der Waals surface area contributed by atoms with Gasteiger partial charge in [0, 0.05) is 19.2 Å². The molecule has 3 heterocycles. The number of rotatable bonds is 2. The van der Waals surface area contributed by atoms with Gasteiger partial charge in [0.15, 0.2) is 5.82 Å². The number of carbonyl (C=O) groups excluding carboxylic acids is 1. The van der Waals surface area contributed by atoms with Crippen LogP contribution in [-0.2, 0) is 13.1 Å². The van der Waals surface area contributed by atoms with Crippen molar-refractivity contribution < 1.29 is 9.72 Å². The van der Waals surface area contributed by atoms with E-state index in [-0.39, 0.29) is 23.6 Å². The van der Waals surface area contributed by atoms with E-state index in [2.05, 4.69) is 15.2 Å². The van der Waals surface area contributed by atoms with Crippen LogP contribution in [0.15, 0.2) is 18.6 Å². The van der Waals surface area contributed by atoms with Gasteiger partial charge in [-0.1, -0.05) is 0 Å². The molecule has 10 nitrogen and oxygen atoms in total. The minimum atomic E-state index is -0.615. The molecule has 0 bridgehead atoms. The van der Waals surface area contributed by atoms with Crippen LogP contribution in [0.1, 0.15) is 16.2 Å². The number of anilines is 1. The molecule has 2 aromatic rings. The number of hydrogen-bond acceptors (Lipinski definition) is 7. The summed E-state index contributed by atoms with van der Waals surface area (Å²) in [6.45, 7) is 1.29. The van der Waals surface area contributed by atoms with Crippen molar-refractivity contribution in [3.05, 3.63) is 40.1 Å². The maximum absolute atomic E-state index is 12.5. The molecule has 1 aliphatic rings. The summed E-state index contributed by atoms with van der Waals surface area (Å²) in [5, 5.41) is 18.5. The number of nitro groups is 1. The first-order chi connectivity index (χ1) is 10.1. The predicted octanol–water partition coefficient (Wildman–Crippen LogP) is -0.181. The van der Waals surface area contributed by atoms with Gasteiger partial charge in [0.25, 0.3) is 11.6 Å². The average Bonchev–Trinajstić information content (AvgIpc) is 2.94. The summed E-state index contributed by atoms with van der Waals surface area (Å²) >= 11 is 0. The van der Waals surface area contributed by atoms with Gasteiger partial charge < -0.3 is 15.2 Å². The molecule has 0 spiro atoms. The Kier molecular flexibility index (Phi) is 2.97. The van der Waals surface area contributed by atoms with Gasteiger partial charge in [0.2, 0.25) is 0 Å². The molecule has 1 aliphatic heterocycles. The first-order valence-corrected chi connectivity index (χ1v) is 6.12. The van der Waals surface area contributed by atoms with Crippen LogP contribution in [0.5, 0.6) is 0 Å². The minimum absolute atomic E-state index is 0.0252. The van der Waals surface area contributed by atoms with Crippen LogP contribution in [0.25, 0.3) is 0 Å². The quantitative estimate of drug-likeness (QED) is 0.598. The molecule has 0 radical (unpaired) electrons. The smallest absolute Gasteiger partial charge is 0.288 e. The Bertz CT molecular complexity index is 726. The maximum atomic E-state index is 12.5. The number of hydrogen-bond donors (Lipinski definition) is 1. The Hall–Kier alpha value is -3.04. The van der Waals surface area contributed by atoms with E-state index >= 15 is 0 Å². The number of pyridine rings is 1. The average molecular weight is 289 g/mol. The topological polar surface area (TPSA) is 133 Å². The first kappa shape index (κ1) is 13.0. The lowest BCUT2D eigenvalue weighted by Gasteiger charge is -2.27. The SMILES string of the molecule is Nc1ncc([N+](=O)[O-])cc1C(=O)N1CCn2cnnc2C1. The fourth-order valence-corrected chi connectivity index (χ4v) is 2.15. The molecular formula is C11H11N7O3. The van der Waals surface area contributed by atoms with Crippen molar-refractivity contribution in [1.29, 1.82) is 0 Å². The summed E-state index contributed by atoms with van der Waals surface area (Å²) in [4.78, 5) is 27.8. The molecule has 0 saturated carbocycles. The van der Waals surface area contributed by atoms with Crippen LogP contribution in [-0.4, -0.2) is 42.0 Å². The maximum Gasteiger partial charge on any atom is 0.288 e. The molecule has 0 fully saturated rings. The highest BCUT2D eigenvalue weighted by atomic mass is 16.6. The zero-order valence-electron chi connectivity index (χ0n) is 10.8. The van der Waals surface area contributed by atoms with Crippen LogP contribution in [0.3, 0.4) is 0 Å². The molecule has 2 N–H and O–H groups in total. The predicted molar refractivity (Wildman–Crippen MR) is 70.1 cm³/mol. The summed E-state index contributed by atoms with van der Waals surface area (Å²) in [6.07, 6.45) is 2.62. The number of aromatic nitrogens is 4. The number of nitrogens with two attached hydrogens (primary N) is 1. The van der Waals surface area contributed by atoms with E-state index in [4.69, 9.17) is 5.73 Å². The standard InChI is InChI=1S/C11H11N7O3/c12-10-8(3-7(4-13-10)18(20)21)11(19)16-1-2-17-6-14-15-9(17)5-16/h3-4,6H,1-2,5H2,(H2,12,13). The Morgan fingerprint density at radius 3 is 3.00 bits per heavy atom. The van der Waals surface area contributed by atoms with Gasteiger partial charge in [-0.3, -0.25) is 14.9 Å². The summed E-state index contributed by atoms with van der Waals surface area (Å²) in [5.74, 6) is 0.224. The lowest BCUT2D eigenvalue weighted by atomic mass is 10.2. The third kappa shape index (κ3) is 2.26. The zero-order chi connectivity index (χ0) is 15.0. The molecule has 0 unspecified atom stereocenters. The molecule has 0 atom stereocenters. The first-order valence-electron chi connectivity index (χ1n) is 6.12. The normalized spacial score (nSPS) is 13.8. The van der Waals surface area contributed by atoms with Gasteiger partial charge in [-0.05, 0) is 0 Å². The number of amides is 1. The molecule has 0 saturated heterocycles. The van der Waals surface area contributed by atoms with Crippen molar-refractivity contribution in [2.24, 2.45) is 0 Å². The molecule has 10 heteroatoms. The van der Waals surface area contributed by atoms with Gasteiger partial charge in [0.05, 0.1) is 17.0 Å². The second kappa shape index (κ2) is 4.81. The fourth-order valence-electron chi connectivity index (χ4n) is 2.15. The summed E-state index contributed by atoms with van der Waals surface area (Å²) in [6, 6.07) is 1.14. The summed E-state index contributed by atoms with van der Waals surface area (Å²) < 4.78 is 1.85. The third-order valence-electron chi connectivity index (χ3n) is 3.27. The van der Waals surface area contributed by atoms with Gasteiger partial charge in [-0.25, -0.2) is 4.98 Å². The molecule has 21 heavy (non-hydrogen) atoms. The van der Waals surface area contributed by atoms with E-state index in [0.717, 1.165) is 12.3 Å². The molecule has 108 valence electrons. The Morgan fingerprint density at radius 2 is 2.24 bits per heavy atom. The van der Waals surface area contributed by atoms with Crippen molar-refractivity contribution in [3.8, 4) is 0 Å². The van der Waals surface area contributed by atoms with Crippen molar-refractivity contribution in [3.63, 3.8) is 0 Å².